The SMILES string of the molecule is CCNC(=NCc1cc(-c2ccccc2)on1)NC1CCN(C(=O)C2CCCC2)C1.I. The maximum Gasteiger partial charge on any atom is 0.225 e. The molecule has 4 rings (SSSR count). The summed E-state index contributed by atoms with van der Waals surface area (Å²) in [4.78, 5) is 19.4. The smallest absolute Gasteiger partial charge is 0.225 e. The third-order valence-corrected chi connectivity index (χ3v) is 5.91. The predicted octanol–water partition coefficient (Wildman–Crippen LogP) is 3.81. The summed E-state index contributed by atoms with van der Waals surface area (Å²) < 4.78 is 5.46. The number of aliphatic imine (C=N–C) groups is 1. The molecule has 2 fully saturated rings. The largest absolute Gasteiger partial charge is 0.357 e. The number of amides is 1. The molecule has 168 valence electrons. The van der Waals surface area contributed by atoms with Crippen LogP contribution in [-0.4, -0.2) is 47.6 Å². The minimum atomic E-state index is 0. The molecule has 0 bridgehead atoms. The van der Waals surface area contributed by atoms with Gasteiger partial charge in [0.05, 0.1) is 6.54 Å². The number of carbonyl (C=O) groups is 1. The highest BCUT2D eigenvalue weighted by atomic mass is 127. The highest BCUT2D eigenvalue weighted by Gasteiger charge is 2.32. The monoisotopic (exact) mass is 537 g/mol. The Labute approximate surface area is 201 Å². The van der Waals surface area contributed by atoms with Gasteiger partial charge < -0.3 is 20.1 Å². The molecular weight excluding hydrogens is 505 g/mol. The summed E-state index contributed by atoms with van der Waals surface area (Å²) in [5.74, 6) is 2.09. The molecule has 1 aliphatic carbocycles. The molecule has 0 spiro atoms. The van der Waals surface area contributed by atoms with E-state index in [1.54, 1.807) is 0 Å². The van der Waals surface area contributed by atoms with Gasteiger partial charge in [0, 0.05) is 43.2 Å². The van der Waals surface area contributed by atoms with Crippen molar-refractivity contribution < 1.29 is 9.32 Å². The van der Waals surface area contributed by atoms with Crippen LogP contribution in [0.2, 0.25) is 0 Å². The molecule has 1 aromatic heterocycles. The van der Waals surface area contributed by atoms with Gasteiger partial charge in [-0.25, -0.2) is 4.99 Å². The number of benzene rings is 1. The van der Waals surface area contributed by atoms with E-state index in [2.05, 4.69) is 20.8 Å². The van der Waals surface area contributed by atoms with E-state index in [9.17, 15) is 4.79 Å². The van der Waals surface area contributed by atoms with E-state index in [4.69, 9.17) is 4.52 Å². The normalized spacial score (nSPS) is 19.3. The first-order chi connectivity index (χ1) is 14.7. The van der Waals surface area contributed by atoms with E-state index in [1.807, 2.05) is 48.2 Å². The number of halogens is 1. The lowest BCUT2D eigenvalue weighted by Gasteiger charge is -2.21. The van der Waals surface area contributed by atoms with Gasteiger partial charge in [0.2, 0.25) is 5.91 Å². The van der Waals surface area contributed by atoms with E-state index in [1.165, 1.54) is 12.8 Å². The summed E-state index contributed by atoms with van der Waals surface area (Å²) in [5, 5.41) is 10.9. The molecule has 2 aromatic rings. The molecule has 1 amide bonds. The molecule has 0 radical (unpaired) electrons. The standard InChI is InChI=1S/C23H31N5O2.HI/c1-2-24-23(25-15-20-14-21(30-27-20)17-8-4-3-5-9-17)26-19-12-13-28(16-19)22(29)18-10-6-7-11-18;/h3-5,8-9,14,18-19H,2,6-7,10-13,15-16H2,1H3,(H2,24,25,26);1H. The molecule has 31 heavy (non-hydrogen) atoms. The first-order valence-electron chi connectivity index (χ1n) is 11.1. The Morgan fingerprint density at radius 1 is 1.23 bits per heavy atom. The summed E-state index contributed by atoms with van der Waals surface area (Å²) in [6, 6.07) is 12.1. The van der Waals surface area contributed by atoms with Gasteiger partial charge in [0.25, 0.3) is 0 Å². The Bertz CT molecular complexity index is 864. The van der Waals surface area contributed by atoms with Gasteiger partial charge in [0.1, 0.15) is 5.69 Å². The Balaban J connectivity index is 0.00000272. The highest BCUT2D eigenvalue weighted by molar-refractivity contribution is 14.0. The maximum atomic E-state index is 12.7. The van der Waals surface area contributed by atoms with Crippen LogP contribution < -0.4 is 10.6 Å². The zero-order valence-electron chi connectivity index (χ0n) is 18.0. The topological polar surface area (TPSA) is 82.8 Å². The van der Waals surface area contributed by atoms with Crippen LogP contribution in [0.25, 0.3) is 11.3 Å². The molecule has 8 heteroatoms. The van der Waals surface area contributed by atoms with Gasteiger partial charge in [-0.3, -0.25) is 4.79 Å². The van der Waals surface area contributed by atoms with Crippen molar-refractivity contribution >= 4 is 35.8 Å². The number of rotatable bonds is 6. The summed E-state index contributed by atoms with van der Waals surface area (Å²) in [6.45, 7) is 4.84. The molecule has 2 aliphatic rings. The van der Waals surface area contributed by atoms with Crippen molar-refractivity contribution in [1.82, 2.24) is 20.7 Å². The van der Waals surface area contributed by atoms with Crippen LogP contribution in [-0.2, 0) is 11.3 Å². The number of nitrogens with one attached hydrogen (secondary N) is 2. The second-order valence-electron chi connectivity index (χ2n) is 8.14. The van der Waals surface area contributed by atoms with Crippen molar-refractivity contribution in [3.8, 4) is 11.3 Å². The molecule has 2 N–H and O–H groups in total. The Morgan fingerprint density at radius 3 is 2.74 bits per heavy atom. The lowest BCUT2D eigenvalue weighted by Crippen LogP contribution is -2.45. The van der Waals surface area contributed by atoms with Crippen molar-refractivity contribution in [2.45, 2.75) is 51.6 Å². The number of carbonyl (C=O) groups excluding carboxylic acids is 1. The van der Waals surface area contributed by atoms with E-state index < -0.39 is 0 Å². The number of aromatic nitrogens is 1. The maximum absolute atomic E-state index is 12.7. The van der Waals surface area contributed by atoms with Crippen molar-refractivity contribution in [3.05, 3.63) is 42.1 Å². The van der Waals surface area contributed by atoms with Crippen LogP contribution >= 0.6 is 24.0 Å². The Morgan fingerprint density at radius 2 is 2.00 bits per heavy atom. The fourth-order valence-corrected chi connectivity index (χ4v) is 4.31. The van der Waals surface area contributed by atoms with Crippen LogP contribution in [0, 0.1) is 5.92 Å². The van der Waals surface area contributed by atoms with Crippen molar-refractivity contribution in [3.63, 3.8) is 0 Å². The van der Waals surface area contributed by atoms with Gasteiger partial charge in [0.15, 0.2) is 11.7 Å². The lowest BCUT2D eigenvalue weighted by molar-refractivity contribution is -0.134. The van der Waals surface area contributed by atoms with Gasteiger partial charge in [-0.05, 0) is 26.2 Å². The first-order valence-corrected chi connectivity index (χ1v) is 11.1. The van der Waals surface area contributed by atoms with E-state index >= 15 is 0 Å². The summed E-state index contributed by atoms with van der Waals surface area (Å²) >= 11 is 0. The molecule has 2 heterocycles. The Kier molecular flexibility index (Phi) is 8.74. The number of likely N-dealkylation sites (tertiary alicyclic amines) is 1. The molecule has 1 aromatic carbocycles. The second kappa shape index (κ2) is 11.5. The fraction of sp³-hybridized carbons (Fsp3) is 0.522. The molecule has 1 atom stereocenters. The minimum absolute atomic E-state index is 0. The van der Waals surface area contributed by atoms with Crippen LogP contribution in [0.1, 0.15) is 44.7 Å². The zero-order chi connectivity index (χ0) is 20.8. The molecule has 7 nitrogen and oxygen atoms in total. The zero-order valence-corrected chi connectivity index (χ0v) is 20.4. The second-order valence-corrected chi connectivity index (χ2v) is 8.14. The lowest BCUT2D eigenvalue weighted by atomic mass is 10.1. The number of guanidine groups is 1. The minimum Gasteiger partial charge on any atom is -0.357 e. The summed E-state index contributed by atoms with van der Waals surface area (Å²) in [5.41, 5.74) is 1.79. The van der Waals surface area contributed by atoms with E-state index in [0.29, 0.717) is 12.5 Å². The molecule has 1 unspecified atom stereocenters. The van der Waals surface area contributed by atoms with Crippen molar-refractivity contribution in [2.24, 2.45) is 10.9 Å². The van der Waals surface area contributed by atoms with Gasteiger partial charge in [-0.2, -0.15) is 0 Å². The van der Waals surface area contributed by atoms with E-state index in [0.717, 1.165) is 61.9 Å². The number of hydrogen-bond donors (Lipinski definition) is 2. The fourth-order valence-electron chi connectivity index (χ4n) is 4.31. The molecular formula is C23H32IN5O2. The number of nitrogens with zero attached hydrogens (tertiary/aromatic N) is 3. The van der Waals surface area contributed by atoms with Crippen LogP contribution in [0.4, 0.5) is 0 Å². The predicted molar refractivity (Wildman–Crippen MR) is 132 cm³/mol. The quantitative estimate of drug-likeness (QED) is 0.333. The van der Waals surface area contributed by atoms with Gasteiger partial charge in [-0.1, -0.05) is 48.3 Å². The third-order valence-electron chi connectivity index (χ3n) is 5.91. The average molecular weight is 537 g/mol. The average Bonchev–Trinajstić information content (AvgIpc) is 3.54. The summed E-state index contributed by atoms with van der Waals surface area (Å²) in [7, 11) is 0. The molecule has 1 aliphatic heterocycles. The molecule has 1 saturated carbocycles. The van der Waals surface area contributed by atoms with Crippen LogP contribution in [0.15, 0.2) is 45.9 Å². The molecule has 1 saturated heterocycles. The third kappa shape index (κ3) is 6.21. The van der Waals surface area contributed by atoms with Gasteiger partial charge in [-0.15, -0.1) is 24.0 Å². The van der Waals surface area contributed by atoms with Gasteiger partial charge >= 0.3 is 0 Å². The highest BCUT2D eigenvalue weighted by Crippen LogP contribution is 2.28. The van der Waals surface area contributed by atoms with Crippen molar-refractivity contribution in [2.75, 3.05) is 19.6 Å². The first kappa shape index (κ1) is 23.6. The van der Waals surface area contributed by atoms with Crippen LogP contribution in [0.5, 0.6) is 0 Å². The van der Waals surface area contributed by atoms with Crippen LogP contribution in [0.3, 0.4) is 0 Å². The Hall–Kier alpha value is -2.10. The number of hydrogen-bond acceptors (Lipinski definition) is 4. The summed E-state index contributed by atoms with van der Waals surface area (Å²) in [6.07, 6.45) is 5.44. The van der Waals surface area contributed by atoms with E-state index in [-0.39, 0.29) is 35.9 Å². The van der Waals surface area contributed by atoms with Crippen molar-refractivity contribution in [1.29, 1.82) is 0 Å².